The molecule has 0 saturated heterocycles. The second-order valence-corrected chi connectivity index (χ2v) is 13.3. The third-order valence-electron chi connectivity index (χ3n) is 7.39. The van der Waals surface area contributed by atoms with Crippen molar-refractivity contribution < 1.29 is 33.5 Å². The standard InChI is InChI=1S/C36H67N2O7P/c1-3-5-7-9-11-13-15-16-18-19-21-23-25-27-33(39)31-36(41)38-34(32-45-46(42,43)44-30-29-37)35(40)28-26-24-22-20-17-14-12-10-8-6-4-2/h8,10,13,15,17,20,26,28,33-35,39-40H,3-7,9,11-12,14,16,18-19,21-25,27,29-32,37H2,1-2H3,(H,38,41)(H,42,43)/b10-8+,15-13-,20-17+,28-26+. The minimum Gasteiger partial charge on any atom is -0.393 e. The Bertz CT molecular complexity index is 878. The summed E-state index contributed by atoms with van der Waals surface area (Å²) in [4.78, 5) is 22.6. The molecule has 0 spiro atoms. The molecule has 9 nitrogen and oxygen atoms in total. The molecule has 0 aromatic rings. The summed E-state index contributed by atoms with van der Waals surface area (Å²) in [6, 6.07) is -1.01. The predicted molar refractivity (Wildman–Crippen MR) is 190 cm³/mol. The molecule has 0 fully saturated rings. The summed E-state index contributed by atoms with van der Waals surface area (Å²) in [6.45, 7) is 3.80. The van der Waals surface area contributed by atoms with Crippen LogP contribution in [0.5, 0.6) is 0 Å². The van der Waals surface area contributed by atoms with Crippen LogP contribution in [0.3, 0.4) is 0 Å². The van der Waals surface area contributed by atoms with Gasteiger partial charge in [-0.2, -0.15) is 0 Å². The molecule has 6 N–H and O–H groups in total. The van der Waals surface area contributed by atoms with E-state index in [1.54, 1.807) is 12.2 Å². The number of aliphatic hydroxyl groups excluding tert-OH is 2. The fourth-order valence-corrected chi connectivity index (χ4v) is 5.44. The summed E-state index contributed by atoms with van der Waals surface area (Å²) in [5.74, 6) is -0.471. The number of hydrogen-bond donors (Lipinski definition) is 5. The number of hydrogen-bond acceptors (Lipinski definition) is 7. The lowest BCUT2D eigenvalue weighted by Crippen LogP contribution is -2.46. The van der Waals surface area contributed by atoms with Crippen LogP contribution in [0, 0.1) is 0 Å². The zero-order valence-electron chi connectivity index (χ0n) is 28.9. The van der Waals surface area contributed by atoms with E-state index in [9.17, 15) is 24.5 Å². The molecule has 1 amide bonds. The molecule has 0 aliphatic rings. The average Bonchev–Trinajstić information content (AvgIpc) is 3.03. The Morgan fingerprint density at radius 3 is 1.89 bits per heavy atom. The van der Waals surface area contributed by atoms with Gasteiger partial charge >= 0.3 is 7.82 Å². The summed E-state index contributed by atoms with van der Waals surface area (Å²) in [7, 11) is -4.40. The topological polar surface area (TPSA) is 151 Å². The summed E-state index contributed by atoms with van der Waals surface area (Å²) in [5.41, 5.74) is 5.33. The van der Waals surface area contributed by atoms with Crippen molar-refractivity contribution in [3.8, 4) is 0 Å². The zero-order valence-corrected chi connectivity index (χ0v) is 29.8. The first kappa shape index (κ1) is 44.4. The van der Waals surface area contributed by atoms with Gasteiger partial charge in [-0.25, -0.2) is 4.57 Å². The van der Waals surface area contributed by atoms with E-state index in [4.69, 9.17) is 14.8 Å². The first-order valence-corrected chi connectivity index (χ1v) is 19.3. The van der Waals surface area contributed by atoms with Gasteiger partial charge in [-0.05, 0) is 64.2 Å². The first-order chi connectivity index (χ1) is 22.3. The number of nitrogens with one attached hydrogen (secondary N) is 1. The third-order valence-corrected chi connectivity index (χ3v) is 8.37. The van der Waals surface area contributed by atoms with Crippen molar-refractivity contribution in [2.45, 2.75) is 154 Å². The zero-order chi connectivity index (χ0) is 34.1. The van der Waals surface area contributed by atoms with Crippen LogP contribution in [0.15, 0.2) is 48.6 Å². The Morgan fingerprint density at radius 1 is 0.739 bits per heavy atom. The normalized spacial score (nSPS) is 15.7. The Balaban J connectivity index is 4.55. The molecule has 4 unspecified atom stereocenters. The van der Waals surface area contributed by atoms with Gasteiger partial charge in [0, 0.05) is 6.54 Å². The average molecular weight is 671 g/mol. The maximum Gasteiger partial charge on any atom is 0.472 e. The maximum absolute atomic E-state index is 12.7. The highest BCUT2D eigenvalue weighted by Gasteiger charge is 2.27. The van der Waals surface area contributed by atoms with Gasteiger partial charge < -0.3 is 26.2 Å². The molecular formula is C36H67N2O7P. The smallest absolute Gasteiger partial charge is 0.393 e. The number of rotatable bonds is 32. The molecule has 0 aliphatic carbocycles. The first-order valence-electron chi connectivity index (χ1n) is 17.8. The molecule has 0 heterocycles. The lowest BCUT2D eigenvalue weighted by atomic mass is 10.0. The number of phosphoric acid groups is 1. The molecule has 268 valence electrons. The van der Waals surface area contributed by atoms with Crippen LogP contribution in [0.25, 0.3) is 0 Å². The highest BCUT2D eigenvalue weighted by atomic mass is 31.2. The number of amides is 1. The molecular weight excluding hydrogens is 603 g/mol. The molecule has 46 heavy (non-hydrogen) atoms. The highest BCUT2D eigenvalue weighted by molar-refractivity contribution is 7.47. The van der Waals surface area contributed by atoms with E-state index in [0.29, 0.717) is 12.8 Å². The van der Waals surface area contributed by atoms with Gasteiger partial charge in [0.15, 0.2) is 0 Å². The number of allylic oxidation sites excluding steroid dienone is 7. The lowest BCUT2D eigenvalue weighted by Gasteiger charge is -2.24. The van der Waals surface area contributed by atoms with E-state index in [-0.39, 0.29) is 19.6 Å². The summed E-state index contributed by atoms with van der Waals surface area (Å²) < 4.78 is 21.9. The Hall–Kier alpha value is -1.58. The molecule has 4 atom stereocenters. The Labute approximate surface area is 280 Å². The second-order valence-electron chi connectivity index (χ2n) is 11.9. The Kier molecular flexibility index (Phi) is 30.9. The van der Waals surface area contributed by atoms with Crippen molar-refractivity contribution in [1.29, 1.82) is 0 Å². The van der Waals surface area contributed by atoms with Crippen LogP contribution in [0.4, 0.5) is 0 Å². The monoisotopic (exact) mass is 670 g/mol. The number of unbranched alkanes of at least 4 members (excludes halogenated alkanes) is 12. The SMILES string of the molecule is CCC/C=C/CC/C=C/CC/C=C/C(O)C(COP(=O)(O)OCCN)NC(=O)CC(O)CCCCCCC/C=C\CCCCCC. The number of carbonyl (C=O) groups is 1. The van der Waals surface area contributed by atoms with Crippen LogP contribution >= 0.6 is 7.82 Å². The van der Waals surface area contributed by atoms with Gasteiger partial charge in [-0.15, -0.1) is 0 Å². The quantitative estimate of drug-likeness (QED) is 0.0275. The third kappa shape index (κ3) is 29.8. The Morgan fingerprint density at radius 2 is 1.28 bits per heavy atom. The molecule has 0 radical (unpaired) electrons. The van der Waals surface area contributed by atoms with Crippen molar-refractivity contribution >= 4 is 13.7 Å². The largest absolute Gasteiger partial charge is 0.472 e. The maximum atomic E-state index is 12.7. The van der Waals surface area contributed by atoms with E-state index in [1.165, 1.54) is 38.5 Å². The van der Waals surface area contributed by atoms with Crippen LogP contribution in [-0.4, -0.2) is 59.0 Å². The second kappa shape index (κ2) is 32.0. The molecule has 0 aromatic carbocycles. The van der Waals surface area contributed by atoms with E-state index in [2.05, 4.69) is 55.6 Å². The van der Waals surface area contributed by atoms with Gasteiger partial charge in [0.05, 0.1) is 37.9 Å². The van der Waals surface area contributed by atoms with Crippen molar-refractivity contribution in [2.75, 3.05) is 19.8 Å². The molecule has 0 aromatic heterocycles. The van der Waals surface area contributed by atoms with E-state index < -0.39 is 38.6 Å². The van der Waals surface area contributed by atoms with Crippen molar-refractivity contribution in [3.05, 3.63) is 48.6 Å². The highest BCUT2D eigenvalue weighted by Crippen LogP contribution is 2.43. The van der Waals surface area contributed by atoms with Crippen LogP contribution in [0.1, 0.15) is 136 Å². The van der Waals surface area contributed by atoms with Crippen molar-refractivity contribution in [2.24, 2.45) is 5.73 Å². The van der Waals surface area contributed by atoms with E-state index >= 15 is 0 Å². The van der Waals surface area contributed by atoms with Crippen LogP contribution < -0.4 is 11.1 Å². The molecule has 0 saturated carbocycles. The summed E-state index contributed by atoms with van der Waals surface area (Å²) >= 11 is 0. The fraction of sp³-hybridized carbons (Fsp3) is 0.750. The van der Waals surface area contributed by atoms with Crippen LogP contribution in [0.2, 0.25) is 0 Å². The minimum atomic E-state index is -4.40. The molecule has 0 rings (SSSR count). The lowest BCUT2D eigenvalue weighted by molar-refractivity contribution is -0.124. The van der Waals surface area contributed by atoms with Gasteiger partial charge in [-0.3, -0.25) is 13.8 Å². The van der Waals surface area contributed by atoms with Crippen LogP contribution in [-0.2, 0) is 18.4 Å². The summed E-state index contributed by atoms with van der Waals surface area (Å²) in [6.07, 6.45) is 33.5. The van der Waals surface area contributed by atoms with Crippen molar-refractivity contribution in [1.82, 2.24) is 5.32 Å². The van der Waals surface area contributed by atoms with Gasteiger partial charge in [-0.1, -0.05) is 114 Å². The number of aliphatic hydroxyl groups is 2. The molecule has 10 heteroatoms. The van der Waals surface area contributed by atoms with E-state index in [1.807, 2.05) is 0 Å². The van der Waals surface area contributed by atoms with Gasteiger partial charge in [0.25, 0.3) is 0 Å². The number of carbonyl (C=O) groups excluding carboxylic acids is 1. The molecule has 0 bridgehead atoms. The number of phosphoric ester groups is 1. The minimum absolute atomic E-state index is 0.0396. The van der Waals surface area contributed by atoms with E-state index in [0.717, 1.165) is 64.2 Å². The van der Waals surface area contributed by atoms with Gasteiger partial charge in [0.1, 0.15) is 0 Å². The summed E-state index contributed by atoms with van der Waals surface area (Å²) in [5, 5.41) is 23.8. The fourth-order valence-electron chi connectivity index (χ4n) is 4.68. The van der Waals surface area contributed by atoms with Gasteiger partial charge in [0.2, 0.25) is 5.91 Å². The van der Waals surface area contributed by atoms with Crippen molar-refractivity contribution in [3.63, 3.8) is 0 Å². The molecule has 0 aliphatic heterocycles. The predicted octanol–water partition coefficient (Wildman–Crippen LogP) is 7.96. The number of nitrogens with two attached hydrogens (primary N) is 1.